The van der Waals surface area contributed by atoms with Crippen molar-refractivity contribution in [3.8, 4) is 0 Å². The average molecular weight is 207 g/mol. The van der Waals surface area contributed by atoms with Gasteiger partial charge in [-0.25, -0.2) is 0 Å². The monoisotopic (exact) mass is 207 g/mol. The minimum absolute atomic E-state index is 0.378. The fourth-order valence-corrected chi connectivity index (χ4v) is 1.81. The Hall–Kier alpha value is 0.0569. The third-order valence-electron chi connectivity index (χ3n) is 1.89. The van der Waals surface area contributed by atoms with E-state index in [-0.39, 0.29) is 0 Å². The smallest absolute Gasteiger partial charge is 0.390 e. The first-order valence-electron chi connectivity index (χ1n) is 4.83. The summed E-state index contributed by atoms with van der Waals surface area (Å²) < 4.78 is 4.59. The zero-order valence-electron chi connectivity index (χ0n) is 8.55. The van der Waals surface area contributed by atoms with Crippen LogP contribution in [0.15, 0.2) is 0 Å². The van der Waals surface area contributed by atoms with Gasteiger partial charge in [-0.15, -0.1) is 0 Å². The first kappa shape index (κ1) is 13.1. The van der Waals surface area contributed by atoms with Crippen molar-refractivity contribution >= 4 is 8.80 Å². The first-order valence-corrected chi connectivity index (χ1v) is 6.84. The molecule has 0 saturated carbocycles. The molecule has 0 radical (unpaired) electrons. The minimum atomic E-state index is -3.29. The zero-order valence-corrected chi connectivity index (χ0v) is 9.55. The lowest BCUT2D eigenvalue weighted by Crippen LogP contribution is -2.38. The molecule has 0 aromatic rings. The molecule has 0 bridgehead atoms. The number of hydrogen-bond acceptors (Lipinski definition) is 4. The van der Waals surface area contributed by atoms with Crippen molar-refractivity contribution in [3.05, 3.63) is 0 Å². The predicted molar refractivity (Wildman–Crippen MR) is 54.4 cm³/mol. The van der Waals surface area contributed by atoms with E-state index >= 15 is 0 Å². The van der Waals surface area contributed by atoms with Crippen molar-refractivity contribution in [1.29, 1.82) is 0 Å². The van der Waals surface area contributed by atoms with Gasteiger partial charge in [0, 0.05) is 13.2 Å². The van der Waals surface area contributed by atoms with Gasteiger partial charge in [0.1, 0.15) is 0 Å². The lowest BCUT2D eigenvalue weighted by atomic mass is 10.3. The summed E-state index contributed by atoms with van der Waals surface area (Å²) in [5, 5.41) is 3.23. The Morgan fingerprint density at radius 2 is 1.85 bits per heavy atom. The van der Waals surface area contributed by atoms with Crippen LogP contribution in [0.2, 0.25) is 6.04 Å². The lowest BCUT2D eigenvalue weighted by molar-refractivity contribution is 0.183. The van der Waals surface area contributed by atoms with Crippen LogP contribution < -0.4 is 5.32 Å². The van der Waals surface area contributed by atoms with E-state index in [0.717, 1.165) is 19.5 Å². The van der Waals surface area contributed by atoms with Crippen LogP contribution in [-0.4, -0.2) is 38.6 Å². The van der Waals surface area contributed by atoms with Gasteiger partial charge in [-0.05, 0) is 25.9 Å². The molecule has 0 aliphatic heterocycles. The topological polar surface area (TPSA) is 61.7 Å². The Labute approximate surface area is 81.3 Å². The summed E-state index contributed by atoms with van der Waals surface area (Å²) in [5.74, 6) is 0. The van der Waals surface area contributed by atoms with Crippen molar-refractivity contribution < 1.29 is 14.0 Å². The molecule has 0 aromatic heterocycles. The molecule has 80 valence electrons. The van der Waals surface area contributed by atoms with Gasteiger partial charge in [-0.3, -0.25) is 0 Å². The van der Waals surface area contributed by atoms with E-state index in [1.807, 2.05) is 0 Å². The standard InChI is InChI=1S/C8H21NO3Si/c1-3-4-6-9-7-5-8-13(10,11)12-2/h9-11H,3-8H2,1-2H3. The fraction of sp³-hybridized carbons (Fsp3) is 1.00. The van der Waals surface area contributed by atoms with Crippen molar-refractivity contribution in [2.24, 2.45) is 0 Å². The van der Waals surface area contributed by atoms with Gasteiger partial charge in [-0.2, -0.15) is 0 Å². The van der Waals surface area contributed by atoms with Crippen LogP contribution in [0.5, 0.6) is 0 Å². The Balaban J connectivity index is 3.16. The summed E-state index contributed by atoms with van der Waals surface area (Å²) in [4.78, 5) is 18.3. The third kappa shape index (κ3) is 8.39. The Morgan fingerprint density at radius 3 is 2.38 bits per heavy atom. The summed E-state index contributed by atoms with van der Waals surface area (Å²) in [6.07, 6.45) is 3.12. The van der Waals surface area contributed by atoms with Crippen LogP contribution in [-0.2, 0) is 4.43 Å². The van der Waals surface area contributed by atoms with Crippen LogP contribution in [0.4, 0.5) is 0 Å². The zero-order chi connectivity index (χ0) is 10.2. The predicted octanol–water partition coefficient (Wildman–Crippen LogP) is 0.336. The van der Waals surface area contributed by atoms with Gasteiger partial charge < -0.3 is 19.3 Å². The van der Waals surface area contributed by atoms with Crippen molar-refractivity contribution in [2.45, 2.75) is 32.2 Å². The van der Waals surface area contributed by atoms with Gasteiger partial charge in [-0.1, -0.05) is 13.3 Å². The quantitative estimate of drug-likeness (QED) is 0.397. The summed E-state index contributed by atoms with van der Waals surface area (Å²) in [5.41, 5.74) is 0. The average Bonchev–Trinajstić information content (AvgIpc) is 2.11. The molecule has 0 aliphatic rings. The second-order valence-corrected chi connectivity index (χ2v) is 5.55. The molecule has 0 fully saturated rings. The van der Waals surface area contributed by atoms with E-state index in [0.29, 0.717) is 6.04 Å². The molecule has 4 nitrogen and oxygen atoms in total. The number of unbranched alkanes of at least 4 members (excludes halogenated alkanes) is 1. The molecule has 13 heavy (non-hydrogen) atoms. The van der Waals surface area contributed by atoms with E-state index in [1.54, 1.807) is 0 Å². The maximum absolute atomic E-state index is 9.17. The molecule has 0 atom stereocenters. The number of nitrogens with one attached hydrogen (secondary N) is 1. The molecule has 0 aromatic carbocycles. The van der Waals surface area contributed by atoms with Gasteiger partial charge in [0.25, 0.3) is 0 Å². The number of rotatable bonds is 8. The van der Waals surface area contributed by atoms with E-state index in [4.69, 9.17) is 0 Å². The largest absolute Gasteiger partial charge is 0.495 e. The van der Waals surface area contributed by atoms with Crippen molar-refractivity contribution in [2.75, 3.05) is 20.2 Å². The molecule has 0 saturated heterocycles. The SMILES string of the molecule is CCCCNCCC[Si](O)(O)OC. The van der Waals surface area contributed by atoms with Crippen LogP contribution in [0, 0.1) is 0 Å². The Morgan fingerprint density at radius 1 is 1.23 bits per heavy atom. The van der Waals surface area contributed by atoms with Crippen molar-refractivity contribution in [3.63, 3.8) is 0 Å². The lowest BCUT2D eigenvalue weighted by Gasteiger charge is -2.14. The van der Waals surface area contributed by atoms with Gasteiger partial charge in [0.05, 0.1) is 0 Å². The molecule has 0 amide bonds. The first-order chi connectivity index (χ1) is 6.12. The summed E-state index contributed by atoms with van der Waals surface area (Å²) in [6, 6.07) is 0.378. The normalized spacial score (nSPS) is 12.0. The van der Waals surface area contributed by atoms with Crippen LogP contribution >= 0.6 is 0 Å². The molecule has 0 spiro atoms. The maximum Gasteiger partial charge on any atom is 0.495 e. The van der Waals surface area contributed by atoms with Gasteiger partial charge in [0.15, 0.2) is 0 Å². The fourth-order valence-electron chi connectivity index (χ4n) is 0.973. The molecule has 0 heterocycles. The van der Waals surface area contributed by atoms with Crippen molar-refractivity contribution in [1.82, 2.24) is 5.32 Å². The highest BCUT2D eigenvalue weighted by Gasteiger charge is 2.29. The van der Waals surface area contributed by atoms with E-state index in [2.05, 4.69) is 16.7 Å². The third-order valence-corrected chi connectivity index (χ3v) is 3.55. The molecule has 0 rings (SSSR count). The molecular formula is C8H21NO3Si. The van der Waals surface area contributed by atoms with Crippen LogP contribution in [0.1, 0.15) is 26.2 Å². The highest BCUT2D eigenvalue weighted by atomic mass is 28.4. The molecule has 0 unspecified atom stereocenters. The Kier molecular flexibility index (Phi) is 7.49. The summed E-state index contributed by atoms with van der Waals surface area (Å²) >= 11 is 0. The number of hydrogen-bond donors (Lipinski definition) is 3. The molecule has 5 heteroatoms. The second kappa shape index (κ2) is 7.46. The van der Waals surface area contributed by atoms with Crippen LogP contribution in [0.3, 0.4) is 0 Å². The van der Waals surface area contributed by atoms with E-state index < -0.39 is 8.80 Å². The molecular weight excluding hydrogens is 186 g/mol. The summed E-state index contributed by atoms with van der Waals surface area (Å²) in [7, 11) is -1.94. The molecule has 3 N–H and O–H groups in total. The molecule has 0 aliphatic carbocycles. The highest BCUT2D eigenvalue weighted by Crippen LogP contribution is 2.04. The van der Waals surface area contributed by atoms with E-state index in [9.17, 15) is 9.59 Å². The maximum atomic E-state index is 9.17. The van der Waals surface area contributed by atoms with Crippen LogP contribution in [0.25, 0.3) is 0 Å². The minimum Gasteiger partial charge on any atom is -0.390 e. The Bertz CT molecular complexity index is 122. The summed E-state index contributed by atoms with van der Waals surface area (Å²) in [6.45, 7) is 3.99. The highest BCUT2D eigenvalue weighted by molar-refractivity contribution is 6.57. The second-order valence-electron chi connectivity index (χ2n) is 3.15. The van der Waals surface area contributed by atoms with E-state index in [1.165, 1.54) is 20.0 Å². The van der Waals surface area contributed by atoms with Gasteiger partial charge >= 0.3 is 8.80 Å². The van der Waals surface area contributed by atoms with Gasteiger partial charge in [0.2, 0.25) is 0 Å².